The van der Waals surface area contributed by atoms with E-state index in [-0.39, 0.29) is 17.1 Å². The van der Waals surface area contributed by atoms with Gasteiger partial charge in [0, 0.05) is 16.1 Å². The van der Waals surface area contributed by atoms with Gasteiger partial charge in [-0.3, -0.25) is 9.89 Å². The number of hydrogen-bond acceptors (Lipinski definition) is 3. The average molecular weight is 328 g/mol. The number of anilines is 1. The molecule has 0 aliphatic carbocycles. The maximum atomic E-state index is 13.1. The van der Waals surface area contributed by atoms with Gasteiger partial charge in [-0.05, 0) is 18.2 Å². The van der Waals surface area contributed by atoms with Crippen LogP contribution in [0.15, 0.2) is 28.7 Å². The van der Waals surface area contributed by atoms with Crippen LogP contribution in [0.5, 0.6) is 0 Å². The van der Waals surface area contributed by atoms with Crippen molar-refractivity contribution in [2.24, 2.45) is 0 Å². The van der Waals surface area contributed by atoms with E-state index < -0.39 is 17.7 Å². The van der Waals surface area contributed by atoms with Crippen LogP contribution in [0.4, 0.5) is 10.2 Å². The van der Waals surface area contributed by atoms with Gasteiger partial charge in [0.1, 0.15) is 11.5 Å². The SMILES string of the molecule is O=C(Nc1cc(C(=O)O)[nH]n1)c1cc(F)cc(Br)c1. The van der Waals surface area contributed by atoms with Gasteiger partial charge in [0.15, 0.2) is 5.82 Å². The number of halogens is 2. The highest BCUT2D eigenvalue weighted by Crippen LogP contribution is 2.16. The molecule has 0 aliphatic rings. The standard InChI is InChI=1S/C11H7BrFN3O3/c12-6-1-5(2-7(13)3-6)10(17)14-9-4-8(11(18)19)15-16-9/h1-4H,(H,18,19)(H2,14,15,16,17). The van der Waals surface area contributed by atoms with Crippen molar-refractivity contribution in [2.45, 2.75) is 0 Å². The molecule has 98 valence electrons. The fourth-order valence-corrected chi connectivity index (χ4v) is 1.83. The molecule has 1 aromatic carbocycles. The molecule has 6 nitrogen and oxygen atoms in total. The lowest BCUT2D eigenvalue weighted by atomic mass is 10.2. The number of carbonyl (C=O) groups excluding carboxylic acids is 1. The summed E-state index contributed by atoms with van der Waals surface area (Å²) in [7, 11) is 0. The second-order valence-corrected chi connectivity index (χ2v) is 4.50. The third-order valence-electron chi connectivity index (χ3n) is 2.17. The summed E-state index contributed by atoms with van der Waals surface area (Å²) < 4.78 is 13.5. The Morgan fingerprint density at radius 3 is 2.63 bits per heavy atom. The molecule has 1 heterocycles. The van der Waals surface area contributed by atoms with Crippen LogP contribution in [-0.4, -0.2) is 27.2 Å². The highest BCUT2D eigenvalue weighted by molar-refractivity contribution is 9.10. The van der Waals surface area contributed by atoms with E-state index in [0.29, 0.717) is 4.47 Å². The summed E-state index contributed by atoms with van der Waals surface area (Å²) in [6.45, 7) is 0. The van der Waals surface area contributed by atoms with Gasteiger partial charge in [-0.25, -0.2) is 9.18 Å². The molecule has 19 heavy (non-hydrogen) atoms. The molecule has 1 aromatic heterocycles. The number of aromatic carboxylic acids is 1. The lowest BCUT2D eigenvalue weighted by molar-refractivity contribution is 0.0690. The molecule has 0 unspecified atom stereocenters. The van der Waals surface area contributed by atoms with Crippen LogP contribution in [0.25, 0.3) is 0 Å². The van der Waals surface area contributed by atoms with E-state index in [2.05, 4.69) is 31.4 Å². The number of nitrogens with zero attached hydrogens (tertiary/aromatic N) is 1. The molecule has 0 fully saturated rings. The Labute approximate surface area is 114 Å². The van der Waals surface area contributed by atoms with Crippen LogP contribution in [0, 0.1) is 5.82 Å². The Balaban J connectivity index is 2.18. The second kappa shape index (κ2) is 5.19. The maximum Gasteiger partial charge on any atom is 0.353 e. The number of carboxylic acids is 1. The van der Waals surface area contributed by atoms with E-state index in [4.69, 9.17) is 5.11 Å². The number of aromatic nitrogens is 2. The van der Waals surface area contributed by atoms with Crippen LogP contribution < -0.4 is 5.32 Å². The van der Waals surface area contributed by atoms with E-state index in [0.717, 1.165) is 12.1 Å². The number of benzene rings is 1. The van der Waals surface area contributed by atoms with Crippen LogP contribution in [-0.2, 0) is 0 Å². The Morgan fingerprint density at radius 1 is 1.32 bits per heavy atom. The number of nitrogens with one attached hydrogen (secondary N) is 2. The van der Waals surface area contributed by atoms with Crippen molar-refractivity contribution in [3.8, 4) is 0 Å². The molecule has 0 saturated heterocycles. The first-order chi connectivity index (χ1) is 8.95. The third-order valence-corrected chi connectivity index (χ3v) is 2.63. The van der Waals surface area contributed by atoms with Gasteiger partial charge in [-0.2, -0.15) is 5.10 Å². The van der Waals surface area contributed by atoms with Gasteiger partial charge in [-0.1, -0.05) is 15.9 Å². The number of rotatable bonds is 3. The Kier molecular flexibility index (Phi) is 3.61. The number of amides is 1. The molecule has 8 heteroatoms. The summed E-state index contributed by atoms with van der Waals surface area (Å²) in [5.74, 6) is -2.30. The van der Waals surface area contributed by atoms with E-state index in [1.165, 1.54) is 12.1 Å². The third kappa shape index (κ3) is 3.16. The van der Waals surface area contributed by atoms with Gasteiger partial charge < -0.3 is 10.4 Å². The summed E-state index contributed by atoms with van der Waals surface area (Å²) in [6, 6.07) is 4.87. The Morgan fingerprint density at radius 2 is 2.05 bits per heavy atom. The topological polar surface area (TPSA) is 95.1 Å². The second-order valence-electron chi connectivity index (χ2n) is 3.58. The van der Waals surface area contributed by atoms with Crippen molar-refractivity contribution in [3.63, 3.8) is 0 Å². The van der Waals surface area contributed by atoms with E-state index in [1.54, 1.807) is 0 Å². The number of carbonyl (C=O) groups is 2. The molecule has 0 aliphatic heterocycles. The number of hydrogen-bond donors (Lipinski definition) is 3. The lowest BCUT2D eigenvalue weighted by Crippen LogP contribution is -2.12. The minimum Gasteiger partial charge on any atom is -0.477 e. The van der Waals surface area contributed by atoms with Crippen LogP contribution >= 0.6 is 15.9 Å². The first-order valence-electron chi connectivity index (χ1n) is 5.02. The maximum absolute atomic E-state index is 13.1. The summed E-state index contributed by atoms with van der Waals surface area (Å²) in [6.07, 6.45) is 0. The normalized spacial score (nSPS) is 10.2. The van der Waals surface area contributed by atoms with E-state index in [1.807, 2.05) is 0 Å². The van der Waals surface area contributed by atoms with Crippen molar-refractivity contribution >= 4 is 33.6 Å². The van der Waals surface area contributed by atoms with Gasteiger partial charge in [0.2, 0.25) is 0 Å². The molecule has 0 spiro atoms. The average Bonchev–Trinajstić information content (AvgIpc) is 2.76. The number of H-pyrrole nitrogens is 1. The first-order valence-corrected chi connectivity index (χ1v) is 5.81. The lowest BCUT2D eigenvalue weighted by Gasteiger charge is -2.02. The number of aromatic amines is 1. The van der Waals surface area contributed by atoms with Gasteiger partial charge in [0.05, 0.1) is 0 Å². The van der Waals surface area contributed by atoms with Crippen molar-refractivity contribution in [1.82, 2.24) is 10.2 Å². The quantitative estimate of drug-likeness (QED) is 0.805. The molecule has 2 rings (SSSR count). The van der Waals surface area contributed by atoms with Crippen molar-refractivity contribution in [1.29, 1.82) is 0 Å². The highest BCUT2D eigenvalue weighted by Gasteiger charge is 2.12. The van der Waals surface area contributed by atoms with Gasteiger partial charge in [-0.15, -0.1) is 0 Å². The van der Waals surface area contributed by atoms with E-state index >= 15 is 0 Å². The van der Waals surface area contributed by atoms with Gasteiger partial charge >= 0.3 is 5.97 Å². The summed E-state index contributed by atoms with van der Waals surface area (Å²) in [4.78, 5) is 22.4. The minimum atomic E-state index is -1.19. The van der Waals surface area contributed by atoms with Crippen LogP contribution in [0.2, 0.25) is 0 Å². The predicted molar refractivity (Wildman–Crippen MR) is 67.6 cm³/mol. The molecular formula is C11H7BrFN3O3. The monoisotopic (exact) mass is 327 g/mol. The fraction of sp³-hybridized carbons (Fsp3) is 0. The molecule has 0 bridgehead atoms. The number of carboxylic acid groups (broad SMARTS) is 1. The smallest absolute Gasteiger partial charge is 0.353 e. The minimum absolute atomic E-state index is 0.0442. The van der Waals surface area contributed by atoms with E-state index in [9.17, 15) is 14.0 Å². The molecule has 0 atom stereocenters. The zero-order chi connectivity index (χ0) is 14.0. The Bertz CT molecular complexity index is 636. The molecule has 2 aromatic rings. The fourth-order valence-electron chi connectivity index (χ4n) is 1.37. The molecular weight excluding hydrogens is 321 g/mol. The largest absolute Gasteiger partial charge is 0.477 e. The first kappa shape index (κ1) is 13.2. The zero-order valence-corrected chi connectivity index (χ0v) is 10.9. The zero-order valence-electron chi connectivity index (χ0n) is 9.28. The highest BCUT2D eigenvalue weighted by atomic mass is 79.9. The molecule has 0 saturated carbocycles. The summed E-state index contributed by atoms with van der Waals surface area (Å²) in [5.41, 5.74) is -0.0672. The predicted octanol–water partition coefficient (Wildman–Crippen LogP) is 2.26. The summed E-state index contributed by atoms with van der Waals surface area (Å²) in [5, 5.41) is 16.9. The molecule has 3 N–H and O–H groups in total. The van der Waals surface area contributed by atoms with Gasteiger partial charge in [0.25, 0.3) is 5.91 Å². The Hall–Kier alpha value is -2.22. The molecule has 1 amide bonds. The van der Waals surface area contributed by atoms with Crippen LogP contribution in [0.1, 0.15) is 20.8 Å². The van der Waals surface area contributed by atoms with Crippen molar-refractivity contribution in [3.05, 3.63) is 45.8 Å². The molecule has 0 radical (unpaired) electrons. The van der Waals surface area contributed by atoms with Crippen molar-refractivity contribution < 1.29 is 19.1 Å². The van der Waals surface area contributed by atoms with Crippen molar-refractivity contribution in [2.75, 3.05) is 5.32 Å². The van der Waals surface area contributed by atoms with Crippen LogP contribution in [0.3, 0.4) is 0 Å². The summed E-state index contributed by atoms with van der Waals surface area (Å²) >= 11 is 3.07.